The molecule has 3 nitrogen and oxygen atoms in total. The lowest BCUT2D eigenvalue weighted by Crippen LogP contribution is -1.94. The van der Waals surface area contributed by atoms with Gasteiger partial charge in [0.2, 0.25) is 0 Å². The predicted octanol–water partition coefficient (Wildman–Crippen LogP) is 1.94. The van der Waals surface area contributed by atoms with Crippen molar-refractivity contribution in [2.75, 3.05) is 6.61 Å². The van der Waals surface area contributed by atoms with Crippen molar-refractivity contribution in [1.82, 2.24) is 9.38 Å². The Kier molecular flexibility index (Phi) is 2.56. The number of halogens is 1. The van der Waals surface area contributed by atoms with Gasteiger partial charge in [0.25, 0.3) is 0 Å². The molecule has 0 spiro atoms. The molecular formula is C10H11BrN2O. The molecule has 0 atom stereocenters. The molecule has 14 heavy (non-hydrogen) atoms. The van der Waals surface area contributed by atoms with Crippen LogP contribution >= 0.6 is 15.9 Å². The molecule has 2 aromatic heterocycles. The summed E-state index contributed by atoms with van der Waals surface area (Å²) in [7, 11) is 0. The molecule has 2 aromatic rings. The molecule has 0 unspecified atom stereocenters. The van der Waals surface area contributed by atoms with Crippen molar-refractivity contribution in [3.63, 3.8) is 0 Å². The molecule has 0 saturated carbocycles. The van der Waals surface area contributed by atoms with Crippen LogP contribution in [0.3, 0.4) is 0 Å². The summed E-state index contributed by atoms with van der Waals surface area (Å²) in [6.45, 7) is 2.15. The molecule has 4 heteroatoms. The molecular weight excluding hydrogens is 244 g/mol. The van der Waals surface area contributed by atoms with Crippen molar-refractivity contribution in [1.29, 1.82) is 0 Å². The average Bonchev–Trinajstić information content (AvgIpc) is 2.46. The smallest absolute Gasteiger partial charge is 0.138 e. The molecule has 0 aliphatic rings. The van der Waals surface area contributed by atoms with Gasteiger partial charge in [0, 0.05) is 18.7 Å². The molecule has 2 heterocycles. The number of hydrogen-bond donors (Lipinski definition) is 1. The molecule has 74 valence electrons. The summed E-state index contributed by atoms with van der Waals surface area (Å²) in [6, 6.07) is 5.89. The van der Waals surface area contributed by atoms with Gasteiger partial charge >= 0.3 is 0 Å². The van der Waals surface area contributed by atoms with Gasteiger partial charge in [-0.1, -0.05) is 6.07 Å². The fourth-order valence-electron chi connectivity index (χ4n) is 1.58. The third-order valence-corrected chi connectivity index (χ3v) is 2.89. The van der Waals surface area contributed by atoms with Crippen LogP contribution in [0.4, 0.5) is 0 Å². The summed E-state index contributed by atoms with van der Waals surface area (Å²) in [5, 5.41) is 8.88. The molecule has 0 fully saturated rings. The average molecular weight is 255 g/mol. The summed E-state index contributed by atoms with van der Waals surface area (Å²) in [6.07, 6.45) is 0.611. The van der Waals surface area contributed by atoms with Crippen LogP contribution in [0.15, 0.2) is 22.8 Å². The highest BCUT2D eigenvalue weighted by Crippen LogP contribution is 2.18. The number of aryl methyl sites for hydroxylation is 1. The van der Waals surface area contributed by atoms with E-state index < -0.39 is 0 Å². The molecule has 2 rings (SSSR count). The maximum Gasteiger partial charge on any atom is 0.138 e. The topological polar surface area (TPSA) is 37.5 Å². The second kappa shape index (κ2) is 3.71. The molecule has 0 aliphatic heterocycles. The number of nitrogens with zero attached hydrogens (tertiary/aromatic N) is 2. The standard InChI is InChI=1S/C10H11BrN2O/c1-7-8(5-6-14)12-10-4-2-3-9(11)13(7)10/h2-4,14H,5-6H2,1H3. The van der Waals surface area contributed by atoms with Crippen LogP contribution in [0.1, 0.15) is 11.4 Å². The van der Waals surface area contributed by atoms with Gasteiger partial charge in [-0.05, 0) is 35.0 Å². The highest BCUT2D eigenvalue weighted by atomic mass is 79.9. The SMILES string of the molecule is Cc1c(CCO)nc2cccc(Br)n12. The summed E-state index contributed by atoms with van der Waals surface area (Å²) < 4.78 is 3.02. The number of rotatable bonds is 2. The molecule has 0 saturated heterocycles. The van der Waals surface area contributed by atoms with Gasteiger partial charge in [0.1, 0.15) is 5.65 Å². The summed E-state index contributed by atoms with van der Waals surface area (Å²) in [5.41, 5.74) is 2.96. The monoisotopic (exact) mass is 254 g/mol. The van der Waals surface area contributed by atoms with Gasteiger partial charge in [-0.2, -0.15) is 0 Å². The van der Waals surface area contributed by atoms with Crippen LogP contribution in [0.25, 0.3) is 5.65 Å². The Morgan fingerprint density at radius 2 is 2.29 bits per heavy atom. The van der Waals surface area contributed by atoms with Gasteiger partial charge < -0.3 is 5.11 Å². The second-order valence-electron chi connectivity index (χ2n) is 3.16. The van der Waals surface area contributed by atoms with Crippen LogP contribution < -0.4 is 0 Å². The molecule has 1 N–H and O–H groups in total. The van der Waals surface area contributed by atoms with E-state index in [0.29, 0.717) is 6.42 Å². The quantitative estimate of drug-likeness (QED) is 0.833. The van der Waals surface area contributed by atoms with E-state index in [0.717, 1.165) is 21.6 Å². The molecule has 0 amide bonds. The Bertz CT molecular complexity index is 464. The van der Waals surface area contributed by atoms with E-state index in [1.54, 1.807) is 0 Å². The Morgan fingerprint density at radius 1 is 1.50 bits per heavy atom. The highest BCUT2D eigenvalue weighted by Gasteiger charge is 2.08. The second-order valence-corrected chi connectivity index (χ2v) is 3.97. The first-order valence-electron chi connectivity index (χ1n) is 4.47. The van der Waals surface area contributed by atoms with Crippen molar-refractivity contribution >= 4 is 21.6 Å². The normalized spacial score (nSPS) is 11.1. The largest absolute Gasteiger partial charge is 0.396 e. The van der Waals surface area contributed by atoms with Crippen molar-refractivity contribution in [3.8, 4) is 0 Å². The zero-order chi connectivity index (χ0) is 10.1. The number of hydrogen-bond acceptors (Lipinski definition) is 2. The summed E-state index contributed by atoms with van der Waals surface area (Å²) in [4.78, 5) is 4.44. The Labute approximate surface area is 90.5 Å². The van der Waals surface area contributed by atoms with E-state index in [4.69, 9.17) is 5.11 Å². The fourth-order valence-corrected chi connectivity index (χ4v) is 2.18. The van der Waals surface area contributed by atoms with Crippen LogP contribution in [0.5, 0.6) is 0 Å². The maximum atomic E-state index is 8.88. The Morgan fingerprint density at radius 3 is 2.93 bits per heavy atom. The highest BCUT2D eigenvalue weighted by molar-refractivity contribution is 9.10. The maximum absolute atomic E-state index is 8.88. The number of aromatic nitrogens is 2. The number of imidazole rings is 1. The van der Waals surface area contributed by atoms with E-state index in [9.17, 15) is 0 Å². The van der Waals surface area contributed by atoms with Crippen molar-refractivity contribution in [3.05, 3.63) is 34.2 Å². The third-order valence-electron chi connectivity index (χ3n) is 2.27. The zero-order valence-electron chi connectivity index (χ0n) is 7.87. The fraction of sp³-hybridized carbons (Fsp3) is 0.300. The van der Waals surface area contributed by atoms with Crippen LogP contribution in [-0.4, -0.2) is 21.1 Å². The van der Waals surface area contributed by atoms with E-state index in [1.165, 1.54) is 0 Å². The lowest BCUT2D eigenvalue weighted by molar-refractivity contribution is 0.298. The van der Waals surface area contributed by atoms with E-state index in [-0.39, 0.29) is 6.61 Å². The van der Waals surface area contributed by atoms with Crippen molar-refractivity contribution < 1.29 is 5.11 Å². The number of fused-ring (bicyclic) bond motifs is 1. The number of aliphatic hydroxyl groups is 1. The van der Waals surface area contributed by atoms with E-state index >= 15 is 0 Å². The van der Waals surface area contributed by atoms with Gasteiger partial charge in [0.15, 0.2) is 0 Å². The minimum absolute atomic E-state index is 0.141. The van der Waals surface area contributed by atoms with Crippen LogP contribution in [0, 0.1) is 6.92 Å². The van der Waals surface area contributed by atoms with Gasteiger partial charge in [0.05, 0.1) is 10.3 Å². The summed E-state index contributed by atoms with van der Waals surface area (Å²) >= 11 is 3.47. The Hall–Kier alpha value is -0.870. The van der Waals surface area contributed by atoms with Crippen LogP contribution in [0.2, 0.25) is 0 Å². The first-order valence-corrected chi connectivity index (χ1v) is 5.26. The number of aliphatic hydroxyl groups excluding tert-OH is 1. The van der Waals surface area contributed by atoms with Gasteiger partial charge in [-0.15, -0.1) is 0 Å². The van der Waals surface area contributed by atoms with Crippen molar-refractivity contribution in [2.45, 2.75) is 13.3 Å². The first kappa shape index (κ1) is 9.68. The zero-order valence-corrected chi connectivity index (χ0v) is 9.45. The number of pyridine rings is 1. The lowest BCUT2D eigenvalue weighted by atomic mass is 10.3. The van der Waals surface area contributed by atoms with Gasteiger partial charge in [-0.25, -0.2) is 4.98 Å². The molecule has 0 aromatic carbocycles. The molecule has 0 bridgehead atoms. The minimum Gasteiger partial charge on any atom is -0.396 e. The predicted molar refractivity (Wildman–Crippen MR) is 58.4 cm³/mol. The molecule has 0 aliphatic carbocycles. The van der Waals surface area contributed by atoms with Crippen molar-refractivity contribution in [2.24, 2.45) is 0 Å². The van der Waals surface area contributed by atoms with Crippen LogP contribution in [-0.2, 0) is 6.42 Å². The summed E-state index contributed by atoms with van der Waals surface area (Å²) in [5.74, 6) is 0. The first-order chi connectivity index (χ1) is 6.74. The van der Waals surface area contributed by atoms with Gasteiger partial charge in [-0.3, -0.25) is 4.40 Å². The molecule has 0 radical (unpaired) electrons. The van der Waals surface area contributed by atoms with E-state index in [2.05, 4.69) is 20.9 Å². The third kappa shape index (κ3) is 1.44. The lowest BCUT2D eigenvalue weighted by Gasteiger charge is -1.99. The minimum atomic E-state index is 0.141. The Balaban J connectivity index is 2.68. The van der Waals surface area contributed by atoms with E-state index in [1.807, 2.05) is 29.5 Å².